The second-order valence-electron chi connectivity index (χ2n) is 7.11. The number of carbonyl (C=O) groups is 3. The Morgan fingerprint density at radius 3 is 2.53 bits per heavy atom. The van der Waals surface area contributed by atoms with Gasteiger partial charge in [-0.15, -0.1) is 0 Å². The van der Waals surface area contributed by atoms with Crippen LogP contribution in [-0.2, 0) is 9.59 Å². The molecule has 0 bridgehead atoms. The monoisotopic (exact) mass is 460 g/mol. The van der Waals surface area contributed by atoms with E-state index in [4.69, 9.17) is 26.8 Å². The molecule has 0 aliphatic rings. The largest absolute Gasteiger partial charge is 0.493 e. The molecular weight excluding hydrogens is 436 g/mol. The number of benzene rings is 2. The molecule has 1 unspecified atom stereocenters. The summed E-state index contributed by atoms with van der Waals surface area (Å²) in [6, 6.07) is 10.5. The van der Waals surface area contributed by atoms with Gasteiger partial charge >= 0.3 is 0 Å². The summed E-state index contributed by atoms with van der Waals surface area (Å²) in [4.78, 5) is 35.9. The Morgan fingerprint density at radius 1 is 1.16 bits per heavy atom. The van der Waals surface area contributed by atoms with E-state index in [0.29, 0.717) is 27.6 Å². The Bertz CT molecular complexity index is 1010. The van der Waals surface area contributed by atoms with Crippen molar-refractivity contribution in [2.45, 2.75) is 19.9 Å². The van der Waals surface area contributed by atoms with Crippen LogP contribution in [0.2, 0.25) is 5.02 Å². The third-order valence-electron chi connectivity index (χ3n) is 4.27. The maximum absolute atomic E-state index is 12.6. The van der Waals surface area contributed by atoms with Gasteiger partial charge in [0.2, 0.25) is 0 Å². The minimum absolute atomic E-state index is 0.185. The van der Waals surface area contributed by atoms with Crippen molar-refractivity contribution < 1.29 is 23.9 Å². The Labute approximate surface area is 190 Å². The van der Waals surface area contributed by atoms with Gasteiger partial charge in [0.25, 0.3) is 17.7 Å². The fraction of sp³-hybridized carbons (Fsp3) is 0.273. The number of ether oxygens (including phenoxy) is 2. The predicted octanol–water partition coefficient (Wildman–Crippen LogP) is 2.12. The Morgan fingerprint density at radius 2 is 1.91 bits per heavy atom. The van der Waals surface area contributed by atoms with E-state index in [-0.39, 0.29) is 12.5 Å². The van der Waals surface area contributed by atoms with Crippen molar-refractivity contribution >= 4 is 35.5 Å². The second kappa shape index (κ2) is 11.7. The number of nitrogens with two attached hydrogens (primary N) is 1. The number of rotatable bonds is 10. The molecule has 9 nitrogen and oxygen atoms in total. The predicted molar refractivity (Wildman–Crippen MR) is 121 cm³/mol. The van der Waals surface area contributed by atoms with E-state index in [1.54, 1.807) is 36.4 Å². The summed E-state index contributed by atoms with van der Waals surface area (Å²) in [5, 5.41) is 7.08. The summed E-state index contributed by atoms with van der Waals surface area (Å²) in [6.07, 6.45) is 1.41. The van der Waals surface area contributed by atoms with Crippen LogP contribution in [0.15, 0.2) is 47.6 Å². The van der Waals surface area contributed by atoms with Crippen LogP contribution in [0.25, 0.3) is 0 Å². The zero-order valence-corrected chi connectivity index (χ0v) is 18.7. The minimum Gasteiger partial charge on any atom is -0.493 e. The number of hydrogen-bond donors (Lipinski definition) is 3. The SMILES string of the molecule is COc1cc(/C=N/NC(=O)C(NC(=O)c2cccc(Cl)c2)C(C)C)ccc1OCC(N)=O. The number of halogens is 1. The van der Waals surface area contributed by atoms with Crippen LogP contribution in [0.3, 0.4) is 0 Å². The summed E-state index contributed by atoms with van der Waals surface area (Å²) in [5.41, 5.74) is 8.46. The van der Waals surface area contributed by atoms with E-state index >= 15 is 0 Å². The van der Waals surface area contributed by atoms with Gasteiger partial charge in [0.15, 0.2) is 18.1 Å². The summed E-state index contributed by atoms with van der Waals surface area (Å²) in [7, 11) is 1.45. The highest BCUT2D eigenvalue weighted by atomic mass is 35.5. The van der Waals surface area contributed by atoms with Crippen molar-refractivity contribution in [2.24, 2.45) is 16.8 Å². The number of hydrogen-bond acceptors (Lipinski definition) is 6. The van der Waals surface area contributed by atoms with Crippen molar-refractivity contribution in [1.29, 1.82) is 0 Å². The second-order valence-corrected chi connectivity index (χ2v) is 7.54. The maximum atomic E-state index is 12.6. The quantitative estimate of drug-likeness (QED) is 0.369. The van der Waals surface area contributed by atoms with Gasteiger partial charge in [-0.1, -0.05) is 31.5 Å². The molecule has 0 aromatic heterocycles. The molecule has 3 amide bonds. The average molecular weight is 461 g/mol. The molecule has 0 aliphatic carbocycles. The molecule has 2 rings (SSSR count). The lowest BCUT2D eigenvalue weighted by Crippen LogP contribution is -2.48. The normalized spacial score (nSPS) is 11.8. The molecule has 0 saturated heterocycles. The van der Waals surface area contributed by atoms with Gasteiger partial charge in [0.05, 0.1) is 13.3 Å². The molecule has 0 fully saturated rings. The van der Waals surface area contributed by atoms with Gasteiger partial charge < -0.3 is 20.5 Å². The van der Waals surface area contributed by atoms with E-state index in [1.807, 2.05) is 13.8 Å². The van der Waals surface area contributed by atoms with Crippen LogP contribution in [0.4, 0.5) is 0 Å². The number of carbonyl (C=O) groups excluding carboxylic acids is 3. The molecular formula is C22H25ClN4O5. The molecule has 0 heterocycles. The molecule has 0 saturated carbocycles. The first-order valence-corrected chi connectivity index (χ1v) is 10.1. The van der Waals surface area contributed by atoms with Crippen LogP contribution in [0, 0.1) is 5.92 Å². The van der Waals surface area contributed by atoms with E-state index in [2.05, 4.69) is 15.8 Å². The fourth-order valence-corrected chi connectivity index (χ4v) is 2.85. The number of nitrogens with one attached hydrogen (secondary N) is 2. The first-order valence-electron chi connectivity index (χ1n) is 9.69. The Balaban J connectivity index is 2.03. The van der Waals surface area contributed by atoms with Gasteiger partial charge in [-0.05, 0) is 47.9 Å². The number of nitrogens with zero attached hydrogens (tertiary/aromatic N) is 1. The molecule has 32 heavy (non-hydrogen) atoms. The Hall–Kier alpha value is -3.59. The van der Waals surface area contributed by atoms with Crippen LogP contribution in [-0.4, -0.2) is 43.7 Å². The van der Waals surface area contributed by atoms with Crippen LogP contribution in [0.1, 0.15) is 29.8 Å². The van der Waals surface area contributed by atoms with Crippen molar-refractivity contribution in [1.82, 2.24) is 10.7 Å². The van der Waals surface area contributed by atoms with Gasteiger partial charge in [-0.3, -0.25) is 14.4 Å². The van der Waals surface area contributed by atoms with E-state index in [9.17, 15) is 14.4 Å². The van der Waals surface area contributed by atoms with Crippen LogP contribution in [0.5, 0.6) is 11.5 Å². The number of amides is 3. The van der Waals surface area contributed by atoms with Gasteiger partial charge in [-0.25, -0.2) is 5.43 Å². The summed E-state index contributed by atoms with van der Waals surface area (Å²) < 4.78 is 10.5. The first kappa shape index (κ1) is 24.7. The molecule has 2 aromatic carbocycles. The van der Waals surface area contributed by atoms with Gasteiger partial charge in [0, 0.05) is 10.6 Å². The highest BCUT2D eigenvalue weighted by Crippen LogP contribution is 2.27. The van der Waals surface area contributed by atoms with Crippen LogP contribution >= 0.6 is 11.6 Å². The molecule has 4 N–H and O–H groups in total. The number of hydrazone groups is 1. The van der Waals surface area contributed by atoms with Gasteiger partial charge in [0.1, 0.15) is 6.04 Å². The zero-order valence-electron chi connectivity index (χ0n) is 17.9. The smallest absolute Gasteiger partial charge is 0.262 e. The average Bonchev–Trinajstić information content (AvgIpc) is 2.75. The Kier molecular flexibility index (Phi) is 9.03. The first-order chi connectivity index (χ1) is 15.2. The van der Waals surface area contributed by atoms with Crippen molar-refractivity contribution in [3.63, 3.8) is 0 Å². The summed E-state index contributed by atoms with van der Waals surface area (Å²) in [6.45, 7) is 3.33. The zero-order chi connectivity index (χ0) is 23.7. The van der Waals surface area contributed by atoms with Crippen molar-refractivity contribution in [3.05, 3.63) is 58.6 Å². The lowest BCUT2D eigenvalue weighted by atomic mass is 10.0. The fourth-order valence-electron chi connectivity index (χ4n) is 2.66. The standard InChI is InChI=1S/C22H25ClN4O5/c1-13(2)20(26-21(29)15-5-4-6-16(23)10-15)22(30)27-25-11-14-7-8-17(18(9-14)31-3)32-12-19(24)28/h4-11,13,20H,12H2,1-3H3,(H2,24,28)(H,26,29)(H,27,30)/b25-11+. The third-order valence-corrected chi connectivity index (χ3v) is 4.50. The summed E-state index contributed by atoms with van der Waals surface area (Å²) >= 11 is 5.92. The van der Waals surface area contributed by atoms with Crippen LogP contribution < -0.4 is 25.9 Å². The molecule has 0 radical (unpaired) electrons. The lowest BCUT2D eigenvalue weighted by molar-refractivity contribution is -0.124. The van der Waals surface area contributed by atoms with E-state index in [1.165, 1.54) is 19.4 Å². The molecule has 0 spiro atoms. The molecule has 1 atom stereocenters. The van der Waals surface area contributed by atoms with Crippen molar-refractivity contribution in [3.8, 4) is 11.5 Å². The molecule has 10 heteroatoms. The van der Waals surface area contributed by atoms with Gasteiger partial charge in [-0.2, -0.15) is 5.10 Å². The molecule has 0 aliphatic heterocycles. The van der Waals surface area contributed by atoms with Crippen molar-refractivity contribution in [2.75, 3.05) is 13.7 Å². The summed E-state index contributed by atoms with van der Waals surface area (Å²) in [5.74, 6) is -0.967. The van der Waals surface area contributed by atoms with E-state index < -0.39 is 23.8 Å². The maximum Gasteiger partial charge on any atom is 0.262 e. The number of methoxy groups -OCH3 is 1. The molecule has 170 valence electrons. The highest BCUT2D eigenvalue weighted by molar-refractivity contribution is 6.31. The molecule has 2 aromatic rings. The highest BCUT2D eigenvalue weighted by Gasteiger charge is 2.24. The minimum atomic E-state index is -0.808. The third kappa shape index (κ3) is 7.28. The number of primary amides is 1. The topological polar surface area (TPSA) is 132 Å². The van der Waals surface area contributed by atoms with E-state index in [0.717, 1.165) is 0 Å². The lowest BCUT2D eigenvalue weighted by Gasteiger charge is -2.20.